The molecule has 0 unspecified atom stereocenters. The van der Waals surface area contributed by atoms with Crippen LogP contribution in [-0.2, 0) is 42.9 Å². The number of aromatic nitrogens is 1. The standard InChI is InChI=1S/C20H24N2O9S/c1-10(23)27-9-15-16(28-11(2)24)17(29-12(3)25)18(30-13(4)26)20(31-15)22-7-5-6-14(8-22)19(21)32/h5-8,15-18,20H,9H2,1-4H3,(H-,21,32)/p+1/t15-,16-,17+,18-,20-/m1/s1. The molecule has 1 aliphatic rings. The van der Waals surface area contributed by atoms with Crippen LogP contribution < -0.4 is 10.3 Å². The molecular formula is C20H25N2O9S+. The number of carbonyl (C=O) groups excluding carboxylic acids is 4. The quantitative estimate of drug-likeness (QED) is 0.247. The second-order valence-electron chi connectivity index (χ2n) is 6.99. The Hall–Kier alpha value is -3.12. The monoisotopic (exact) mass is 469 g/mol. The lowest BCUT2D eigenvalue weighted by molar-refractivity contribution is -0.777. The summed E-state index contributed by atoms with van der Waals surface area (Å²) in [5, 5.41) is 0. The highest BCUT2D eigenvalue weighted by Gasteiger charge is 2.56. The van der Waals surface area contributed by atoms with Crippen molar-refractivity contribution >= 4 is 41.1 Å². The molecule has 1 aromatic rings. The average molecular weight is 469 g/mol. The van der Waals surface area contributed by atoms with E-state index in [0.717, 1.165) is 13.8 Å². The highest BCUT2D eigenvalue weighted by molar-refractivity contribution is 7.80. The van der Waals surface area contributed by atoms with Crippen molar-refractivity contribution in [3.05, 3.63) is 30.1 Å². The Morgan fingerprint density at radius 2 is 1.53 bits per heavy atom. The van der Waals surface area contributed by atoms with Crippen molar-refractivity contribution in [1.82, 2.24) is 0 Å². The van der Waals surface area contributed by atoms with Gasteiger partial charge in [0.1, 0.15) is 17.7 Å². The van der Waals surface area contributed by atoms with Gasteiger partial charge in [-0.1, -0.05) is 12.2 Å². The molecule has 1 saturated heterocycles. The number of pyridine rings is 1. The zero-order valence-corrected chi connectivity index (χ0v) is 18.8. The lowest BCUT2D eigenvalue weighted by Crippen LogP contribution is -2.65. The Labute approximate surface area is 189 Å². The van der Waals surface area contributed by atoms with Crippen LogP contribution in [0.1, 0.15) is 39.5 Å². The number of ether oxygens (including phenoxy) is 5. The van der Waals surface area contributed by atoms with Gasteiger partial charge in [-0.25, -0.2) is 0 Å². The normalized spacial score (nSPS) is 24.7. The van der Waals surface area contributed by atoms with Gasteiger partial charge in [0, 0.05) is 33.8 Å². The Morgan fingerprint density at radius 1 is 0.969 bits per heavy atom. The maximum absolute atomic E-state index is 11.9. The molecule has 11 nitrogen and oxygen atoms in total. The first-order chi connectivity index (χ1) is 15.0. The van der Waals surface area contributed by atoms with Crippen LogP contribution in [0.15, 0.2) is 24.5 Å². The third-order valence-electron chi connectivity index (χ3n) is 4.37. The molecule has 2 N–H and O–H groups in total. The van der Waals surface area contributed by atoms with E-state index in [1.807, 2.05) is 0 Å². The van der Waals surface area contributed by atoms with Crippen LogP contribution in [0.3, 0.4) is 0 Å². The van der Waals surface area contributed by atoms with Gasteiger partial charge in [-0.05, 0) is 6.07 Å². The van der Waals surface area contributed by atoms with Crippen LogP contribution in [0.4, 0.5) is 0 Å². The number of esters is 4. The largest absolute Gasteiger partial charge is 0.463 e. The molecule has 0 bridgehead atoms. The molecule has 5 atom stereocenters. The van der Waals surface area contributed by atoms with E-state index in [0.29, 0.717) is 5.56 Å². The van der Waals surface area contributed by atoms with Crippen LogP contribution in [0.25, 0.3) is 0 Å². The predicted molar refractivity (Wildman–Crippen MR) is 110 cm³/mol. The van der Waals surface area contributed by atoms with E-state index in [4.69, 9.17) is 41.6 Å². The van der Waals surface area contributed by atoms with Crippen molar-refractivity contribution in [2.75, 3.05) is 6.61 Å². The number of carbonyl (C=O) groups is 4. The first-order valence-electron chi connectivity index (χ1n) is 9.60. The minimum Gasteiger partial charge on any atom is -0.463 e. The third kappa shape index (κ3) is 6.69. The molecule has 12 heteroatoms. The highest BCUT2D eigenvalue weighted by Crippen LogP contribution is 2.32. The molecule has 0 amide bonds. The van der Waals surface area contributed by atoms with E-state index in [1.165, 1.54) is 18.4 Å². The van der Waals surface area contributed by atoms with Gasteiger partial charge in [0.25, 0.3) is 0 Å². The second-order valence-corrected chi connectivity index (χ2v) is 7.43. The SMILES string of the molecule is CC(=O)OC[C@H]1O[C@@H]([n+]2cccc(C(N)=S)c2)[C@H](OC(C)=O)[C@@H](OC(C)=O)[C@@H]1OC(C)=O. The van der Waals surface area contributed by atoms with Crippen molar-refractivity contribution in [2.45, 2.75) is 58.3 Å². The fraction of sp³-hybridized carbons (Fsp3) is 0.500. The summed E-state index contributed by atoms with van der Waals surface area (Å²) < 4.78 is 28.8. The van der Waals surface area contributed by atoms with Crippen LogP contribution in [-0.4, -0.2) is 59.9 Å². The summed E-state index contributed by atoms with van der Waals surface area (Å²) in [4.78, 5) is 47.0. The average Bonchev–Trinajstić information content (AvgIpc) is 2.68. The predicted octanol–water partition coefficient (Wildman–Crippen LogP) is -0.136. The summed E-state index contributed by atoms with van der Waals surface area (Å²) in [6.07, 6.45) is -2.67. The molecule has 32 heavy (non-hydrogen) atoms. The zero-order chi connectivity index (χ0) is 24.0. The zero-order valence-electron chi connectivity index (χ0n) is 18.0. The number of hydrogen-bond donors (Lipinski definition) is 1. The molecule has 2 rings (SSSR count). The van der Waals surface area contributed by atoms with E-state index < -0.39 is 54.5 Å². The van der Waals surface area contributed by atoms with Gasteiger partial charge in [0.15, 0.2) is 24.6 Å². The fourth-order valence-corrected chi connectivity index (χ4v) is 3.36. The minimum absolute atomic E-state index is 0.116. The van der Waals surface area contributed by atoms with Crippen LogP contribution in [0.5, 0.6) is 0 Å². The maximum atomic E-state index is 11.9. The molecule has 0 aliphatic carbocycles. The van der Waals surface area contributed by atoms with Crippen molar-refractivity contribution in [1.29, 1.82) is 0 Å². The van der Waals surface area contributed by atoms with E-state index in [-0.39, 0.29) is 11.6 Å². The minimum atomic E-state index is -1.26. The molecule has 174 valence electrons. The fourth-order valence-electron chi connectivity index (χ4n) is 3.24. The molecule has 1 aromatic heterocycles. The van der Waals surface area contributed by atoms with E-state index in [9.17, 15) is 19.2 Å². The topological polar surface area (TPSA) is 144 Å². The number of thiocarbonyl (C=S) groups is 1. The molecule has 2 heterocycles. The lowest BCUT2D eigenvalue weighted by atomic mass is 9.97. The molecule has 0 aromatic carbocycles. The van der Waals surface area contributed by atoms with Crippen molar-refractivity contribution in [3.63, 3.8) is 0 Å². The first kappa shape index (κ1) is 25.1. The Morgan fingerprint density at radius 3 is 2.06 bits per heavy atom. The van der Waals surface area contributed by atoms with E-state index in [2.05, 4.69) is 0 Å². The number of nitrogens with zero attached hydrogens (tertiary/aromatic N) is 1. The molecule has 0 saturated carbocycles. The second kappa shape index (κ2) is 11.0. The van der Waals surface area contributed by atoms with E-state index in [1.54, 1.807) is 24.5 Å². The number of rotatable bonds is 7. The molecule has 1 aliphatic heterocycles. The van der Waals surface area contributed by atoms with Crippen molar-refractivity contribution in [3.8, 4) is 0 Å². The Kier molecular flexibility index (Phi) is 8.61. The van der Waals surface area contributed by atoms with Gasteiger partial charge in [0.2, 0.25) is 6.10 Å². The van der Waals surface area contributed by atoms with E-state index >= 15 is 0 Å². The Bertz CT molecular complexity index is 907. The summed E-state index contributed by atoms with van der Waals surface area (Å²) in [5.41, 5.74) is 6.21. The summed E-state index contributed by atoms with van der Waals surface area (Å²) in [6, 6.07) is 3.31. The summed E-state index contributed by atoms with van der Waals surface area (Å²) in [6.45, 7) is 4.36. The highest BCUT2D eigenvalue weighted by atomic mass is 32.1. The molecule has 0 radical (unpaired) electrons. The van der Waals surface area contributed by atoms with Crippen molar-refractivity contribution < 1.29 is 47.4 Å². The number of hydrogen-bond acceptors (Lipinski definition) is 10. The van der Waals surface area contributed by atoms with Gasteiger partial charge >= 0.3 is 30.1 Å². The van der Waals surface area contributed by atoms with Crippen LogP contribution in [0.2, 0.25) is 0 Å². The van der Waals surface area contributed by atoms with Crippen molar-refractivity contribution in [2.24, 2.45) is 5.73 Å². The van der Waals surface area contributed by atoms with Gasteiger partial charge in [0.05, 0.1) is 5.56 Å². The third-order valence-corrected chi connectivity index (χ3v) is 4.60. The summed E-state index contributed by atoms with van der Waals surface area (Å²) in [5.74, 6) is -2.70. The van der Waals surface area contributed by atoms with Gasteiger partial charge in [-0.3, -0.25) is 19.2 Å². The number of nitrogens with two attached hydrogens (primary N) is 1. The van der Waals surface area contributed by atoms with Gasteiger partial charge in [-0.15, -0.1) is 0 Å². The summed E-state index contributed by atoms with van der Waals surface area (Å²) in [7, 11) is 0. The molecular weight excluding hydrogens is 444 g/mol. The lowest BCUT2D eigenvalue weighted by Gasteiger charge is -2.41. The molecule has 1 fully saturated rings. The smallest absolute Gasteiger partial charge is 0.304 e. The van der Waals surface area contributed by atoms with Gasteiger partial charge in [-0.2, -0.15) is 4.57 Å². The Balaban J connectivity index is 2.58. The maximum Gasteiger partial charge on any atom is 0.304 e. The van der Waals surface area contributed by atoms with Crippen LogP contribution >= 0.6 is 12.2 Å². The van der Waals surface area contributed by atoms with Crippen LogP contribution in [0, 0.1) is 0 Å². The first-order valence-corrected chi connectivity index (χ1v) is 10.0. The molecule has 0 spiro atoms. The summed E-state index contributed by atoms with van der Waals surface area (Å²) >= 11 is 5.02. The van der Waals surface area contributed by atoms with Gasteiger partial charge < -0.3 is 29.4 Å².